The molecule has 0 saturated heterocycles. The number of hydrogen-bond donors (Lipinski definition) is 8. The second-order valence-electron chi connectivity index (χ2n) is 7.59. The van der Waals surface area contributed by atoms with Gasteiger partial charge in [-0.05, 0) is 31.3 Å². The Hall–Kier alpha value is -3.40. The lowest BCUT2D eigenvalue weighted by Gasteiger charge is -2.25. The Bertz CT molecular complexity index is 810. The van der Waals surface area contributed by atoms with Crippen LogP contribution in [0.15, 0.2) is 0 Å². The standard InChI is InChI=1S/C19H33N7O8S/c1-35-7-6-11(24-16(30)9(20)8-15(23)29)18(32)25-10(2-4-13(21)27)17(31)26-12(19(33)34)3-5-14(22)28/h9-12H,2-8,20H2,1H3,(H2,21,27)(H2,22,28)(H2,23,29)(H,24,30)(H,25,32)(H,26,31)(H,33,34). The Morgan fingerprint density at radius 2 is 1.14 bits per heavy atom. The molecule has 0 aliphatic rings. The maximum atomic E-state index is 12.9. The molecule has 0 aliphatic carbocycles. The molecule has 0 bridgehead atoms. The summed E-state index contributed by atoms with van der Waals surface area (Å²) in [5, 5.41) is 16.2. The summed E-state index contributed by atoms with van der Waals surface area (Å²) in [4.78, 5) is 82.5. The predicted molar refractivity (Wildman–Crippen MR) is 125 cm³/mol. The number of aliphatic carboxylic acids is 1. The van der Waals surface area contributed by atoms with Crippen LogP contribution in [-0.4, -0.2) is 82.7 Å². The van der Waals surface area contributed by atoms with Crippen molar-refractivity contribution in [3.8, 4) is 0 Å². The van der Waals surface area contributed by atoms with Gasteiger partial charge in [0.15, 0.2) is 0 Å². The highest BCUT2D eigenvalue weighted by Crippen LogP contribution is 2.06. The fourth-order valence-corrected chi connectivity index (χ4v) is 3.21. The molecule has 0 fully saturated rings. The van der Waals surface area contributed by atoms with Gasteiger partial charge in [-0.2, -0.15) is 11.8 Å². The second kappa shape index (κ2) is 16.3. The van der Waals surface area contributed by atoms with Crippen LogP contribution in [0.5, 0.6) is 0 Å². The summed E-state index contributed by atoms with van der Waals surface area (Å²) in [5.74, 6) is -5.95. The molecule has 0 rings (SSSR count). The van der Waals surface area contributed by atoms with Gasteiger partial charge in [-0.15, -0.1) is 0 Å². The monoisotopic (exact) mass is 519 g/mol. The minimum absolute atomic E-state index is 0.128. The Kier molecular flexibility index (Phi) is 14.7. The third-order valence-corrected chi connectivity index (χ3v) is 5.25. The Balaban J connectivity index is 5.55. The van der Waals surface area contributed by atoms with Crippen LogP contribution in [-0.2, 0) is 33.6 Å². The van der Waals surface area contributed by atoms with Crippen molar-refractivity contribution in [2.75, 3.05) is 12.0 Å². The molecule has 35 heavy (non-hydrogen) atoms. The Morgan fingerprint density at radius 1 is 0.714 bits per heavy atom. The molecular formula is C19H33N7O8S. The zero-order valence-corrected chi connectivity index (χ0v) is 20.1. The number of primary amides is 3. The summed E-state index contributed by atoms with van der Waals surface area (Å²) in [6.07, 6.45) is 0.247. The lowest BCUT2D eigenvalue weighted by molar-refractivity contribution is -0.142. The molecule has 15 nitrogen and oxygen atoms in total. The number of nitrogens with one attached hydrogen (secondary N) is 3. The van der Waals surface area contributed by atoms with Crippen molar-refractivity contribution in [1.29, 1.82) is 0 Å². The van der Waals surface area contributed by atoms with Crippen molar-refractivity contribution in [2.24, 2.45) is 22.9 Å². The minimum Gasteiger partial charge on any atom is -0.480 e. The molecule has 4 unspecified atom stereocenters. The fourth-order valence-electron chi connectivity index (χ4n) is 2.74. The van der Waals surface area contributed by atoms with Crippen LogP contribution in [0, 0.1) is 0 Å². The van der Waals surface area contributed by atoms with Gasteiger partial charge in [0.05, 0.1) is 12.5 Å². The molecule has 0 heterocycles. The van der Waals surface area contributed by atoms with E-state index in [1.54, 1.807) is 6.26 Å². The van der Waals surface area contributed by atoms with Gasteiger partial charge >= 0.3 is 5.97 Å². The molecule has 4 atom stereocenters. The van der Waals surface area contributed by atoms with Crippen LogP contribution in [0.4, 0.5) is 0 Å². The van der Waals surface area contributed by atoms with Gasteiger partial charge < -0.3 is 44.0 Å². The molecule has 16 heteroatoms. The number of carboxylic acid groups (broad SMARTS) is 1. The zero-order valence-electron chi connectivity index (χ0n) is 19.3. The van der Waals surface area contributed by atoms with E-state index in [1.165, 1.54) is 11.8 Å². The molecule has 198 valence electrons. The van der Waals surface area contributed by atoms with E-state index in [0.717, 1.165) is 0 Å². The summed E-state index contributed by atoms with van der Waals surface area (Å²) >= 11 is 1.37. The molecule has 0 aromatic carbocycles. The smallest absolute Gasteiger partial charge is 0.326 e. The highest BCUT2D eigenvalue weighted by Gasteiger charge is 2.30. The van der Waals surface area contributed by atoms with Gasteiger partial charge in [-0.25, -0.2) is 4.79 Å². The summed E-state index contributed by atoms with van der Waals surface area (Å²) in [7, 11) is 0. The predicted octanol–water partition coefficient (Wildman–Crippen LogP) is -3.99. The SMILES string of the molecule is CSCCC(NC(=O)C(N)CC(N)=O)C(=O)NC(CCC(N)=O)C(=O)NC(CCC(N)=O)C(=O)O. The highest BCUT2D eigenvalue weighted by molar-refractivity contribution is 7.98. The molecule has 12 N–H and O–H groups in total. The van der Waals surface area contributed by atoms with Gasteiger partial charge in [0.25, 0.3) is 0 Å². The molecule has 0 spiro atoms. The lowest BCUT2D eigenvalue weighted by Crippen LogP contribution is -2.57. The third-order valence-electron chi connectivity index (χ3n) is 4.61. The van der Waals surface area contributed by atoms with Gasteiger partial charge in [-0.1, -0.05) is 0 Å². The van der Waals surface area contributed by atoms with Crippen molar-refractivity contribution in [3.63, 3.8) is 0 Å². The largest absolute Gasteiger partial charge is 0.480 e. The molecule has 0 saturated carbocycles. The van der Waals surface area contributed by atoms with E-state index < -0.39 is 72.0 Å². The van der Waals surface area contributed by atoms with E-state index in [0.29, 0.717) is 5.75 Å². The zero-order chi connectivity index (χ0) is 27.1. The molecule has 0 aromatic heterocycles. The molecule has 0 aromatic rings. The average molecular weight is 520 g/mol. The summed E-state index contributed by atoms with van der Waals surface area (Å²) < 4.78 is 0. The Morgan fingerprint density at radius 3 is 1.57 bits per heavy atom. The van der Waals surface area contributed by atoms with Crippen molar-refractivity contribution in [2.45, 2.75) is 62.7 Å². The number of nitrogens with two attached hydrogens (primary N) is 4. The van der Waals surface area contributed by atoms with Gasteiger partial charge in [0, 0.05) is 12.8 Å². The van der Waals surface area contributed by atoms with Crippen LogP contribution in [0.1, 0.15) is 38.5 Å². The first-order valence-corrected chi connectivity index (χ1v) is 11.9. The normalized spacial score (nSPS) is 14.0. The van der Waals surface area contributed by atoms with Crippen LogP contribution >= 0.6 is 11.8 Å². The fraction of sp³-hybridized carbons (Fsp3) is 0.632. The van der Waals surface area contributed by atoms with E-state index in [1.807, 2.05) is 0 Å². The van der Waals surface area contributed by atoms with E-state index >= 15 is 0 Å². The van der Waals surface area contributed by atoms with Crippen molar-refractivity contribution in [1.82, 2.24) is 16.0 Å². The molecule has 0 aliphatic heterocycles. The van der Waals surface area contributed by atoms with E-state index in [2.05, 4.69) is 16.0 Å². The van der Waals surface area contributed by atoms with Crippen LogP contribution in [0.25, 0.3) is 0 Å². The first kappa shape index (κ1) is 31.6. The summed E-state index contributed by atoms with van der Waals surface area (Å²) in [6, 6.07) is -5.34. The van der Waals surface area contributed by atoms with Gasteiger partial charge in [0.1, 0.15) is 18.1 Å². The van der Waals surface area contributed by atoms with Crippen LogP contribution < -0.4 is 38.9 Å². The maximum Gasteiger partial charge on any atom is 0.326 e. The quantitative estimate of drug-likeness (QED) is 0.0868. The topological polar surface area (TPSA) is 280 Å². The number of carbonyl (C=O) groups is 7. The lowest BCUT2D eigenvalue weighted by atomic mass is 10.1. The number of carbonyl (C=O) groups excluding carboxylic acids is 6. The van der Waals surface area contributed by atoms with E-state index in [-0.39, 0.29) is 32.1 Å². The number of thioether (sulfide) groups is 1. The minimum atomic E-state index is -1.48. The van der Waals surface area contributed by atoms with Gasteiger partial charge in [-0.3, -0.25) is 28.8 Å². The van der Waals surface area contributed by atoms with Crippen molar-refractivity contribution < 1.29 is 38.7 Å². The molecule has 6 amide bonds. The maximum absolute atomic E-state index is 12.9. The second-order valence-corrected chi connectivity index (χ2v) is 8.58. The summed E-state index contributed by atoms with van der Waals surface area (Å²) in [6.45, 7) is 0. The molecule has 0 radical (unpaired) electrons. The van der Waals surface area contributed by atoms with Gasteiger partial charge in [0.2, 0.25) is 35.4 Å². The van der Waals surface area contributed by atoms with Crippen molar-refractivity contribution in [3.05, 3.63) is 0 Å². The number of hydrogen-bond acceptors (Lipinski definition) is 9. The Labute approximate surface area is 205 Å². The third kappa shape index (κ3) is 13.8. The van der Waals surface area contributed by atoms with Crippen LogP contribution in [0.2, 0.25) is 0 Å². The molecular weight excluding hydrogens is 486 g/mol. The van der Waals surface area contributed by atoms with Crippen LogP contribution in [0.3, 0.4) is 0 Å². The number of carboxylic acids is 1. The number of amides is 6. The van der Waals surface area contributed by atoms with E-state index in [4.69, 9.17) is 22.9 Å². The highest BCUT2D eigenvalue weighted by atomic mass is 32.2. The van der Waals surface area contributed by atoms with Crippen molar-refractivity contribution >= 4 is 53.2 Å². The number of rotatable bonds is 18. The average Bonchev–Trinajstić information content (AvgIpc) is 2.75. The first-order valence-electron chi connectivity index (χ1n) is 10.5. The van der Waals surface area contributed by atoms with E-state index in [9.17, 15) is 38.7 Å². The summed E-state index contributed by atoms with van der Waals surface area (Å²) in [5.41, 5.74) is 20.8. The first-order chi connectivity index (χ1) is 16.3.